The van der Waals surface area contributed by atoms with Gasteiger partial charge in [0.1, 0.15) is 11.0 Å². The van der Waals surface area contributed by atoms with Crippen LogP contribution in [0, 0.1) is 0 Å². The molecule has 8 nitrogen and oxygen atoms in total. The molecule has 1 aliphatic carbocycles. The first-order chi connectivity index (χ1) is 14.3. The molecule has 0 unspecified atom stereocenters. The standard InChI is InChI=1S/C21H26N4O4S/c1-12(20(27)28)25(15-7-2-3-8-15)11-13-5-4-6-14(9-13)17-10-16(18(22)26)19(30-17)24-21(23)29/h4-6,9-10,12,15H,2-3,7-8,11H2,1H3,(H2,22,26)(H,27,28)(H3,23,24,29)/t12-/m0/s1. The van der Waals surface area contributed by atoms with Gasteiger partial charge in [0, 0.05) is 17.5 Å². The minimum absolute atomic E-state index is 0.200. The number of urea groups is 1. The van der Waals surface area contributed by atoms with Crippen LogP contribution < -0.4 is 16.8 Å². The van der Waals surface area contributed by atoms with E-state index < -0.39 is 23.9 Å². The fraction of sp³-hybridized carbons (Fsp3) is 0.381. The van der Waals surface area contributed by atoms with Gasteiger partial charge < -0.3 is 16.6 Å². The Kier molecular flexibility index (Phi) is 6.73. The second kappa shape index (κ2) is 9.27. The Labute approximate surface area is 178 Å². The van der Waals surface area contributed by atoms with Gasteiger partial charge in [-0.25, -0.2) is 4.79 Å². The molecule has 1 atom stereocenters. The number of aliphatic carboxylic acids is 1. The first-order valence-corrected chi connectivity index (χ1v) is 10.7. The predicted molar refractivity (Wildman–Crippen MR) is 116 cm³/mol. The number of carbonyl (C=O) groups excluding carboxylic acids is 2. The van der Waals surface area contributed by atoms with Crippen LogP contribution in [-0.4, -0.2) is 40.0 Å². The lowest BCUT2D eigenvalue weighted by Gasteiger charge is -2.32. The van der Waals surface area contributed by atoms with Crippen molar-refractivity contribution in [2.24, 2.45) is 11.5 Å². The first kappa shape index (κ1) is 21.8. The molecule has 0 saturated heterocycles. The Bertz CT molecular complexity index is 952. The van der Waals surface area contributed by atoms with Crippen LogP contribution in [0.15, 0.2) is 30.3 Å². The predicted octanol–water partition coefficient (Wildman–Crippen LogP) is 3.22. The molecule has 3 rings (SSSR count). The van der Waals surface area contributed by atoms with Crippen molar-refractivity contribution in [2.45, 2.75) is 51.2 Å². The molecule has 30 heavy (non-hydrogen) atoms. The summed E-state index contributed by atoms with van der Waals surface area (Å²) in [4.78, 5) is 37.4. The number of amides is 3. The van der Waals surface area contributed by atoms with E-state index in [1.54, 1.807) is 13.0 Å². The number of carbonyl (C=O) groups is 3. The molecule has 0 spiro atoms. The lowest BCUT2D eigenvalue weighted by atomic mass is 10.1. The molecule has 0 aliphatic heterocycles. The number of carboxylic acids is 1. The van der Waals surface area contributed by atoms with E-state index in [0.29, 0.717) is 11.5 Å². The van der Waals surface area contributed by atoms with Crippen LogP contribution in [0.25, 0.3) is 10.4 Å². The maximum atomic E-state index is 11.7. The van der Waals surface area contributed by atoms with Crippen molar-refractivity contribution in [3.63, 3.8) is 0 Å². The van der Waals surface area contributed by atoms with Gasteiger partial charge in [0.25, 0.3) is 5.91 Å². The van der Waals surface area contributed by atoms with Gasteiger partial charge in [-0.1, -0.05) is 31.0 Å². The molecule has 0 radical (unpaired) electrons. The van der Waals surface area contributed by atoms with Crippen LogP contribution in [0.3, 0.4) is 0 Å². The summed E-state index contributed by atoms with van der Waals surface area (Å²) in [6.45, 7) is 2.25. The van der Waals surface area contributed by atoms with Gasteiger partial charge in [0.05, 0.1) is 5.56 Å². The van der Waals surface area contributed by atoms with Crippen molar-refractivity contribution in [2.75, 3.05) is 5.32 Å². The Balaban J connectivity index is 1.89. The Morgan fingerprint density at radius 1 is 1.23 bits per heavy atom. The van der Waals surface area contributed by atoms with Gasteiger partial charge in [-0.05, 0) is 43.0 Å². The molecule has 1 fully saturated rings. The Morgan fingerprint density at radius 3 is 2.53 bits per heavy atom. The number of primary amides is 2. The average molecular weight is 431 g/mol. The fourth-order valence-corrected chi connectivity index (χ4v) is 4.98. The minimum atomic E-state index is -0.829. The largest absolute Gasteiger partial charge is 0.480 e. The summed E-state index contributed by atoms with van der Waals surface area (Å²) in [5.41, 5.74) is 12.6. The highest BCUT2D eigenvalue weighted by atomic mass is 32.1. The second-order valence-corrected chi connectivity index (χ2v) is 8.58. The lowest BCUT2D eigenvalue weighted by molar-refractivity contribution is -0.143. The molecule has 1 aromatic carbocycles. The highest BCUT2D eigenvalue weighted by molar-refractivity contribution is 7.20. The van der Waals surface area contributed by atoms with Crippen molar-refractivity contribution in [1.29, 1.82) is 0 Å². The van der Waals surface area contributed by atoms with Crippen molar-refractivity contribution in [1.82, 2.24) is 4.90 Å². The Morgan fingerprint density at radius 2 is 1.93 bits per heavy atom. The maximum Gasteiger partial charge on any atom is 0.320 e. The van der Waals surface area contributed by atoms with Crippen LogP contribution >= 0.6 is 11.3 Å². The summed E-state index contributed by atoms with van der Waals surface area (Å²) in [5.74, 6) is -1.48. The first-order valence-electron chi connectivity index (χ1n) is 9.84. The van der Waals surface area contributed by atoms with Crippen LogP contribution in [0.5, 0.6) is 0 Å². The van der Waals surface area contributed by atoms with Gasteiger partial charge in [0.15, 0.2) is 0 Å². The van der Waals surface area contributed by atoms with Crippen LogP contribution in [0.1, 0.15) is 48.5 Å². The third kappa shape index (κ3) is 4.98. The van der Waals surface area contributed by atoms with Gasteiger partial charge in [-0.3, -0.25) is 19.8 Å². The zero-order valence-electron chi connectivity index (χ0n) is 16.8. The fourth-order valence-electron chi connectivity index (χ4n) is 3.91. The zero-order valence-corrected chi connectivity index (χ0v) is 17.6. The number of anilines is 1. The number of rotatable bonds is 8. The van der Waals surface area contributed by atoms with Crippen LogP contribution in [0.2, 0.25) is 0 Å². The molecular weight excluding hydrogens is 404 g/mol. The molecule has 9 heteroatoms. The van der Waals surface area contributed by atoms with E-state index in [-0.39, 0.29) is 11.6 Å². The summed E-state index contributed by atoms with van der Waals surface area (Å²) >= 11 is 1.21. The second-order valence-electron chi connectivity index (χ2n) is 7.53. The molecule has 6 N–H and O–H groups in total. The number of hydrogen-bond donors (Lipinski definition) is 4. The molecular formula is C21H26N4O4S. The van der Waals surface area contributed by atoms with E-state index in [4.69, 9.17) is 11.5 Å². The van der Waals surface area contributed by atoms with Gasteiger partial charge in [0.2, 0.25) is 0 Å². The average Bonchev–Trinajstić information content (AvgIpc) is 3.35. The zero-order chi connectivity index (χ0) is 21.8. The topological polar surface area (TPSA) is 139 Å². The number of thiophene rings is 1. The monoisotopic (exact) mass is 430 g/mol. The van der Waals surface area contributed by atoms with E-state index in [2.05, 4.69) is 10.2 Å². The van der Waals surface area contributed by atoms with E-state index in [1.807, 2.05) is 24.3 Å². The van der Waals surface area contributed by atoms with E-state index in [1.165, 1.54) is 11.3 Å². The molecule has 1 aromatic heterocycles. The van der Waals surface area contributed by atoms with Crippen molar-refractivity contribution >= 4 is 34.2 Å². The number of nitrogens with one attached hydrogen (secondary N) is 1. The van der Waals surface area contributed by atoms with Crippen LogP contribution in [-0.2, 0) is 11.3 Å². The highest BCUT2D eigenvalue weighted by Crippen LogP contribution is 2.36. The summed E-state index contributed by atoms with van der Waals surface area (Å²) in [6.07, 6.45) is 4.25. The summed E-state index contributed by atoms with van der Waals surface area (Å²) in [7, 11) is 0. The van der Waals surface area contributed by atoms with Gasteiger partial charge in [-0.15, -0.1) is 11.3 Å². The van der Waals surface area contributed by atoms with Crippen molar-refractivity contribution in [3.8, 4) is 10.4 Å². The van der Waals surface area contributed by atoms with Crippen molar-refractivity contribution in [3.05, 3.63) is 41.5 Å². The number of hydrogen-bond acceptors (Lipinski definition) is 5. The molecule has 1 heterocycles. The third-order valence-corrected chi connectivity index (χ3v) is 6.56. The summed E-state index contributed by atoms with van der Waals surface area (Å²) in [6, 6.07) is 8.27. The highest BCUT2D eigenvalue weighted by Gasteiger charge is 2.30. The van der Waals surface area contributed by atoms with E-state index in [9.17, 15) is 19.5 Å². The number of nitrogens with two attached hydrogens (primary N) is 2. The SMILES string of the molecule is C[C@@H](C(=O)O)N(Cc1cccc(-c2cc(C(N)=O)c(NC(N)=O)s2)c1)C1CCCC1. The molecule has 3 amide bonds. The quantitative estimate of drug-likeness (QED) is 0.509. The summed E-state index contributed by atoms with van der Waals surface area (Å²) < 4.78 is 0. The molecule has 2 aromatic rings. The normalized spacial score (nSPS) is 15.3. The number of carboxylic acid groups (broad SMARTS) is 1. The lowest BCUT2D eigenvalue weighted by Crippen LogP contribution is -2.44. The van der Waals surface area contributed by atoms with Gasteiger partial charge in [-0.2, -0.15) is 0 Å². The van der Waals surface area contributed by atoms with E-state index in [0.717, 1.165) is 41.7 Å². The molecule has 1 aliphatic rings. The third-order valence-electron chi connectivity index (χ3n) is 5.46. The smallest absolute Gasteiger partial charge is 0.320 e. The van der Waals surface area contributed by atoms with Crippen LogP contribution in [0.4, 0.5) is 9.80 Å². The minimum Gasteiger partial charge on any atom is -0.480 e. The molecule has 1 saturated carbocycles. The van der Waals surface area contributed by atoms with E-state index >= 15 is 0 Å². The number of benzene rings is 1. The molecule has 160 valence electrons. The summed E-state index contributed by atoms with van der Waals surface area (Å²) in [5, 5.41) is 12.3. The number of nitrogens with zero attached hydrogens (tertiary/aromatic N) is 1. The Hall–Kier alpha value is -2.91. The van der Waals surface area contributed by atoms with Crippen molar-refractivity contribution < 1.29 is 19.5 Å². The molecule has 0 bridgehead atoms. The van der Waals surface area contributed by atoms with Gasteiger partial charge >= 0.3 is 12.0 Å². The maximum absolute atomic E-state index is 11.7.